The maximum atomic E-state index is 13.5. The van der Waals surface area contributed by atoms with E-state index in [0.29, 0.717) is 28.3 Å². The third-order valence-electron chi connectivity index (χ3n) is 4.55. The predicted octanol–water partition coefficient (Wildman–Crippen LogP) is 3.92. The smallest absolute Gasteiger partial charge is 0.244 e. The van der Waals surface area contributed by atoms with Crippen LogP contribution < -0.4 is 4.90 Å². The van der Waals surface area contributed by atoms with E-state index in [9.17, 15) is 17.6 Å². The lowest BCUT2D eigenvalue weighted by Gasteiger charge is -2.21. The molecule has 0 bridgehead atoms. The summed E-state index contributed by atoms with van der Waals surface area (Å²) in [4.78, 5) is 21.0. The highest BCUT2D eigenvalue weighted by Gasteiger charge is 2.26. The summed E-state index contributed by atoms with van der Waals surface area (Å²) < 4.78 is 39.7. The summed E-state index contributed by atoms with van der Waals surface area (Å²) in [5, 5.41) is 0.374. The first-order chi connectivity index (χ1) is 14.2. The van der Waals surface area contributed by atoms with Gasteiger partial charge in [0.2, 0.25) is 5.91 Å². The highest BCUT2D eigenvalue weighted by atomic mass is 35.5. The third kappa shape index (κ3) is 6.46. The van der Waals surface area contributed by atoms with E-state index in [1.807, 2.05) is 25.9 Å². The van der Waals surface area contributed by atoms with Crippen molar-refractivity contribution >= 4 is 54.8 Å². The van der Waals surface area contributed by atoms with Crippen LogP contribution >= 0.6 is 23.7 Å². The van der Waals surface area contributed by atoms with Gasteiger partial charge in [-0.15, -0.1) is 12.4 Å². The van der Waals surface area contributed by atoms with E-state index >= 15 is 0 Å². The summed E-state index contributed by atoms with van der Waals surface area (Å²) in [6, 6.07) is 10.6. The van der Waals surface area contributed by atoms with Gasteiger partial charge < -0.3 is 4.90 Å². The molecule has 0 saturated heterocycles. The molecule has 3 aromatic rings. The number of hydrogen-bond donors (Lipinski definition) is 0. The van der Waals surface area contributed by atoms with Crippen molar-refractivity contribution in [1.29, 1.82) is 0 Å². The van der Waals surface area contributed by atoms with Gasteiger partial charge >= 0.3 is 0 Å². The van der Waals surface area contributed by atoms with Crippen molar-refractivity contribution in [3.05, 3.63) is 53.8 Å². The van der Waals surface area contributed by atoms with Crippen molar-refractivity contribution in [3.8, 4) is 0 Å². The van der Waals surface area contributed by atoms with Gasteiger partial charge in [-0.25, -0.2) is 17.8 Å². The normalized spacial score (nSPS) is 11.5. The molecule has 31 heavy (non-hydrogen) atoms. The monoisotopic (exact) mass is 485 g/mol. The van der Waals surface area contributed by atoms with Gasteiger partial charge in [0, 0.05) is 6.54 Å². The molecule has 1 amide bonds. The highest BCUT2D eigenvalue weighted by molar-refractivity contribution is 7.92. The first kappa shape index (κ1) is 25.2. The molecule has 0 atom stereocenters. The number of benzene rings is 2. The lowest BCUT2D eigenvalue weighted by Crippen LogP contribution is -2.37. The van der Waals surface area contributed by atoms with E-state index in [1.54, 1.807) is 18.2 Å². The summed E-state index contributed by atoms with van der Waals surface area (Å²) in [7, 11) is 0.0579. The number of amides is 1. The first-order valence-electron chi connectivity index (χ1n) is 9.46. The molecule has 0 aliphatic carbocycles. The van der Waals surface area contributed by atoms with E-state index in [2.05, 4.69) is 4.98 Å². The van der Waals surface area contributed by atoms with Gasteiger partial charge in [0.1, 0.15) is 11.6 Å². The predicted molar refractivity (Wildman–Crippen MR) is 126 cm³/mol. The maximum Gasteiger partial charge on any atom is 0.244 e. The average Bonchev–Trinajstić information content (AvgIpc) is 3.07. The second-order valence-corrected chi connectivity index (χ2v) is 10.4. The Hall–Kier alpha value is -2.07. The highest BCUT2D eigenvalue weighted by Crippen LogP contribution is 2.30. The average molecular weight is 486 g/mol. The van der Waals surface area contributed by atoms with Crippen molar-refractivity contribution in [2.75, 3.05) is 37.8 Å². The third-order valence-corrected chi connectivity index (χ3v) is 7.21. The van der Waals surface area contributed by atoms with Crippen LogP contribution in [0.25, 0.3) is 10.2 Å². The largest absolute Gasteiger partial charge is 0.309 e. The van der Waals surface area contributed by atoms with Gasteiger partial charge in [0.15, 0.2) is 15.0 Å². The van der Waals surface area contributed by atoms with E-state index in [-0.39, 0.29) is 23.1 Å². The maximum absolute atomic E-state index is 13.5. The van der Waals surface area contributed by atoms with Gasteiger partial charge in [0.25, 0.3) is 0 Å². The van der Waals surface area contributed by atoms with Gasteiger partial charge in [-0.1, -0.05) is 29.0 Å². The fourth-order valence-corrected chi connectivity index (χ4v) is 5.18. The van der Waals surface area contributed by atoms with Gasteiger partial charge in [-0.3, -0.25) is 9.69 Å². The number of fused-ring (bicyclic) bond motifs is 1. The van der Waals surface area contributed by atoms with Crippen molar-refractivity contribution in [3.63, 3.8) is 0 Å². The minimum absolute atomic E-state index is 0. The zero-order chi connectivity index (χ0) is 21.9. The summed E-state index contributed by atoms with van der Waals surface area (Å²) in [5.74, 6) is -1.58. The quantitative estimate of drug-likeness (QED) is 0.483. The fraction of sp³-hybridized carbons (Fsp3) is 0.333. The summed E-state index contributed by atoms with van der Waals surface area (Å²) >= 11 is 1.18. The molecule has 1 aromatic heterocycles. The second-order valence-electron chi connectivity index (χ2n) is 7.38. The van der Waals surface area contributed by atoms with Crippen LogP contribution in [0.2, 0.25) is 0 Å². The van der Waals surface area contributed by atoms with Crippen LogP contribution in [0.15, 0.2) is 47.4 Å². The Kier molecular flexibility index (Phi) is 8.53. The van der Waals surface area contributed by atoms with Gasteiger partial charge in [-0.05, 0) is 64.3 Å². The SMILES string of the molecule is Cc1ccc(S(=O)(=O)CC(=O)N(CCCN(C)C)c2nc3ccc(F)cc3s2)cc1.Cl. The molecular formula is C21H25ClFN3O3S2. The number of aryl methyl sites for hydroxylation is 1. The summed E-state index contributed by atoms with van der Waals surface area (Å²) in [6.07, 6.45) is 0.646. The molecule has 0 fully saturated rings. The van der Waals surface area contributed by atoms with Crippen LogP contribution in [0.3, 0.4) is 0 Å². The van der Waals surface area contributed by atoms with Crippen molar-refractivity contribution in [1.82, 2.24) is 9.88 Å². The Bertz CT molecular complexity index is 1150. The molecule has 3 rings (SSSR count). The number of thiazole rings is 1. The number of carbonyl (C=O) groups excluding carboxylic acids is 1. The van der Waals surface area contributed by atoms with Gasteiger partial charge in [-0.2, -0.15) is 0 Å². The van der Waals surface area contributed by atoms with Crippen molar-refractivity contribution < 1.29 is 17.6 Å². The number of halogens is 2. The number of nitrogens with zero attached hydrogens (tertiary/aromatic N) is 3. The Morgan fingerprint density at radius 1 is 1.10 bits per heavy atom. The number of aromatic nitrogens is 1. The topological polar surface area (TPSA) is 70.6 Å². The molecule has 6 nitrogen and oxygen atoms in total. The van der Waals surface area contributed by atoms with Crippen LogP contribution in [0.4, 0.5) is 9.52 Å². The minimum Gasteiger partial charge on any atom is -0.309 e. The molecule has 0 aliphatic heterocycles. The lowest BCUT2D eigenvalue weighted by atomic mass is 10.2. The van der Waals surface area contributed by atoms with E-state index in [4.69, 9.17) is 0 Å². The number of sulfone groups is 1. The molecular weight excluding hydrogens is 461 g/mol. The minimum atomic E-state index is -3.79. The molecule has 2 aromatic carbocycles. The lowest BCUT2D eigenvalue weighted by molar-refractivity contribution is -0.116. The molecule has 1 heterocycles. The van der Waals surface area contributed by atoms with Crippen LogP contribution in [0.5, 0.6) is 0 Å². The van der Waals surface area contributed by atoms with E-state index in [0.717, 1.165) is 12.1 Å². The Morgan fingerprint density at radius 2 is 1.77 bits per heavy atom. The molecule has 0 unspecified atom stereocenters. The fourth-order valence-electron chi connectivity index (χ4n) is 2.94. The number of carbonyl (C=O) groups is 1. The molecule has 0 spiro atoms. The Morgan fingerprint density at radius 3 is 2.42 bits per heavy atom. The standard InChI is InChI=1S/C21H24FN3O3S2.ClH/c1-15-5-8-17(9-6-15)30(27,28)14-20(26)25(12-4-11-24(2)3)21-23-18-10-7-16(22)13-19(18)29-21;/h5-10,13H,4,11-12,14H2,1-3H3;1H. The van der Waals surface area contributed by atoms with Crippen molar-refractivity contribution in [2.45, 2.75) is 18.2 Å². The molecule has 0 N–H and O–H groups in total. The number of rotatable bonds is 8. The van der Waals surface area contributed by atoms with Crippen molar-refractivity contribution in [2.24, 2.45) is 0 Å². The summed E-state index contributed by atoms with van der Waals surface area (Å²) in [5.41, 5.74) is 1.51. The Labute approximate surface area is 192 Å². The second kappa shape index (κ2) is 10.5. The zero-order valence-electron chi connectivity index (χ0n) is 17.5. The molecule has 0 saturated carbocycles. The molecule has 0 aliphatic rings. The van der Waals surface area contributed by atoms with Crippen LogP contribution in [0.1, 0.15) is 12.0 Å². The molecule has 0 radical (unpaired) electrons. The molecule has 10 heteroatoms. The van der Waals surface area contributed by atoms with Crippen LogP contribution in [0, 0.1) is 12.7 Å². The zero-order valence-corrected chi connectivity index (χ0v) is 20.0. The van der Waals surface area contributed by atoms with Crippen LogP contribution in [-0.4, -0.2) is 57.1 Å². The number of hydrogen-bond acceptors (Lipinski definition) is 6. The van der Waals surface area contributed by atoms with Crippen LogP contribution in [-0.2, 0) is 14.6 Å². The molecule has 168 valence electrons. The van der Waals surface area contributed by atoms with E-state index in [1.165, 1.54) is 40.5 Å². The Balaban J connectivity index is 0.00000341. The summed E-state index contributed by atoms with van der Waals surface area (Å²) in [6.45, 7) is 2.92. The number of anilines is 1. The van der Waals surface area contributed by atoms with Gasteiger partial charge in [0.05, 0.1) is 15.1 Å². The van der Waals surface area contributed by atoms with E-state index < -0.39 is 21.5 Å². The first-order valence-corrected chi connectivity index (χ1v) is 11.9.